The van der Waals surface area contributed by atoms with Gasteiger partial charge >= 0.3 is 11.9 Å². The fourth-order valence-corrected chi connectivity index (χ4v) is 6.82. The molecular weight excluding hydrogens is 362 g/mol. The molecule has 0 radical (unpaired) electrons. The van der Waals surface area contributed by atoms with Crippen molar-refractivity contribution in [3.63, 3.8) is 0 Å². The molecule has 3 aliphatic carbocycles. The highest BCUT2D eigenvalue weighted by Gasteiger charge is 2.59. The van der Waals surface area contributed by atoms with Crippen LogP contribution in [0, 0.1) is 38.7 Å². The zero-order chi connectivity index (χ0) is 20.3. The first-order valence-corrected chi connectivity index (χ1v) is 10.4. The van der Waals surface area contributed by atoms with Crippen LogP contribution in [0.3, 0.4) is 0 Å². The van der Waals surface area contributed by atoms with Crippen molar-refractivity contribution < 1.29 is 24.0 Å². The molecule has 2 saturated carbocycles. The number of nitrogens with zero attached hydrogens (tertiary/aromatic N) is 1. The first-order valence-electron chi connectivity index (χ1n) is 10.4. The maximum Gasteiger partial charge on any atom is 0.306 e. The van der Waals surface area contributed by atoms with Crippen molar-refractivity contribution in [2.75, 3.05) is 6.61 Å². The third-order valence-electron chi connectivity index (χ3n) is 8.19. The Morgan fingerprint density at radius 3 is 2.64 bits per heavy atom. The van der Waals surface area contributed by atoms with Gasteiger partial charge in [0, 0.05) is 24.3 Å². The minimum atomic E-state index is -0.745. The van der Waals surface area contributed by atoms with Gasteiger partial charge in [-0.15, -0.1) is 0 Å². The fraction of sp³-hybridized carbons (Fsp3) is 0.810. The Morgan fingerprint density at radius 1 is 1.21 bits per heavy atom. The Morgan fingerprint density at radius 2 is 1.96 bits per heavy atom. The van der Waals surface area contributed by atoms with Gasteiger partial charge in [0.15, 0.2) is 6.10 Å². The number of hydrogen-bond acceptors (Lipinski definition) is 6. The molecule has 7 heteroatoms. The van der Waals surface area contributed by atoms with Crippen LogP contribution in [0.25, 0.3) is 0 Å². The number of esters is 2. The van der Waals surface area contributed by atoms with Crippen LogP contribution in [0.2, 0.25) is 0 Å². The molecule has 0 amide bonds. The molecule has 1 heterocycles. The largest absolute Gasteiger partial charge is 0.465 e. The summed E-state index contributed by atoms with van der Waals surface area (Å²) >= 11 is 0. The van der Waals surface area contributed by atoms with Crippen molar-refractivity contribution in [3.8, 4) is 0 Å². The molecule has 0 N–H and O–H groups in total. The Labute approximate surface area is 165 Å². The first-order chi connectivity index (χ1) is 13.2. The average Bonchev–Trinajstić information content (AvgIpc) is 2.61. The first kappa shape index (κ1) is 19.4. The van der Waals surface area contributed by atoms with Crippen molar-refractivity contribution in [2.24, 2.45) is 28.6 Å². The second kappa shape index (κ2) is 6.56. The standard InChI is InChI=1S/C21H29NO6/c1-12(23)28-17-7-9-21(3)14-6-8-20(2)11-27-18(24)10-16(20)13(14)4-5-15(21)19(17)22(25)26/h13-14,16-17H,4-11H2,1-3H3/t13-,14+,16+,17+,20-,21-/m1/s1. The SMILES string of the molecule is CC(=O)O[C@H]1CC[C@@]2(C)C(=C1[N+](=O)[O-])CC[C@H]1[C@@H]3CC(=O)OC[C@@]3(C)CC[C@@H]12. The highest BCUT2D eigenvalue weighted by molar-refractivity contribution is 5.71. The van der Waals surface area contributed by atoms with Crippen LogP contribution in [0.4, 0.5) is 0 Å². The quantitative estimate of drug-likeness (QED) is 0.405. The monoisotopic (exact) mass is 391 g/mol. The van der Waals surface area contributed by atoms with Gasteiger partial charge in [-0.1, -0.05) is 13.8 Å². The van der Waals surface area contributed by atoms with E-state index in [1.165, 1.54) is 6.92 Å². The molecule has 0 bridgehead atoms. The molecule has 1 saturated heterocycles. The zero-order valence-corrected chi connectivity index (χ0v) is 16.9. The van der Waals surface area contributed by atoms with Crippen LogP contribution in [0.5, 0.6) is 0 Å². The summed E-state index contributed by atoms with van der Waals surface area (Å²) in [4.78, 5) is 35.1. The highest BCUT2D eigenvalue weighted by Crippen LogP contribution is 2.64. The van der Waals surface area contributed by atoms with Crippen LogP contribution in [-0.2, 0) is 19.1 Å². The number of cyclic esters (lactones) is 1. The second-order valence-corrected chi connectivity index (χ2v) is 9.65. The zero-order valence-electron chi connectivity index (χ0n) is 16.9. The molecule has 6 atom stereocenters. The van der Waals surface area contributed by atoms with Gasteiger partial charge in [-0.3, -0.25) is 19.7 Å². The van der Waals surface area contributed by atoms with Gasteiger partial charge in [0.05, 0.1) is 11.5 Å². The minimum Gasteiger partial charge on any atom is -0.465 e. The average molecular weight is 391 g/mol. The Hall–Kier alpha value is -1.92. The van der Waals surface area contributed by atoms with Crippen LogP contribution in [-0.4, -0.2) is 29.6 Å². The lowest BCUT2D eigenvalue weighted by molar-refractivity contribution is -0.440. The van der Waals surface area contributed by atoms with Gasteiger partial charge in [-0.25, -0.2) is 0 Å². The molecule has 4 rings (SSSR count). The van der Waals surface area contributed by atoms with E-state index < -0.39 is 12.1 Å². The molecule has 0 aromatic rings. The molecule has 0 unspecified atom stereocenters. The van der Waals surface area contributed by atoms with E-state index in [9.17, 15) is 19.7 Å². The molecule has 1 aliphatic heterocycles. The topological polar surface area (TPSA) is 95.7 Å². The third-order valence-corrected chi connectivity index (χ3v) is 8.19. The van der Waals surface area contributed by atoms with Gasteiger partial charge in [0.2, 0.25) is 0 Å². The number of hydrogen-bond donors (Lipinski definition) is 0. The number of ether oxygens (including phenoxy) is 2. The molecule has 0 aromatic carbocycles. The Bertz CT molecular complexity index is 760. The van der Waals surface area contributed by atoms with Crippen molar-refractivity contribution in [1.29, 1.82) is 0 Å². The lowest BCUT2D eigenvalue weighted by Crippen LogP contribution is -2.55. The number of fused-ring (bicyclic) bond motifs is 5. The van der Waals surface area contributed by atoms with E-state index in [0.29, 0.717) is 37.7 Å². The lowest BCUT2D eigenvalue weighted by Gasteiger charge is -2.59. The van der Waals surface area contributed by atoms with Gasteiger partial charge in [-0.05, 0) is 61.7 Å². The van der Waals surface area contributed by atoms with Crippen molar-refractivity contribution in [2.45, 2.75) is 71.8 Å². The van der Waals surface area contributed by atoms with Crippen LogP contribution < -0.4 is 0 Å². The molecule has 7 nitrogen and oxygen atoms in total. The summed E-state index contributed by atoms with van der Waals surface area (Å²) in [6.45, 7) is 6.19. The maximum absolute atomic E-state index is 12.0. The molecule has 0 aromatic heterocycles. The van der Waals surface area contributed by atoms with Crippen molar-refractivity contribution >= 4 is 11.9 Å². The van der Waals surface area contributed by atoms with Crippen molar-refractivity contribution in [1.82, 2.24) is 0 Å². The molecule has 0 spiro atoms. The minimum absolute atomic E-state index is 0.0214. The summed E-state index contributed by atoms with van der Waals surface area (Å²) in [5.74, 6) is 0.416. The summed E-state index contributed by atoms with van der Waals surface area (Å²) in [6.07, 6.45) is 4.47. The summed E-state index contributed by atoms with van der Waals surface area (Å²) in [5.41, 5.74) is 0.745. The number of allylic oxidation sites excluding steroid dienone is 1. The number of carbonyl (C=O) groups excluding carboxylic acids is 2. The second-order valence-electron chi connectivity index (χ2n) is 9.65. The van der Waals surface area contributed by atoms with E-state index in [1.54, 1.807) is 0 Å². The van der Waals surface area contributed by atoms with Crippen LogP contribution in [0.1, 0.15) is 65.7 Å². The van der Waals surface area contributed by atoms with Gasteiger partial charge in [0.25, 0.3) is 5.70 Å². The number of rotatable bonds is 2. The normalized spacial score (nSPS) is 42.6. The summed E-state index contributed by atoms with van der Waals surface area (Å²) in [5, 5.41) is 11.9. The highest BCUT2D eigenvalue weighted by atomic mass is 16.6. The van der Waals surface area contributed by atoms with Gasteiger partial charge in [0.1, 0.15) is 0 Å². The number of nitro groups is 1. The Kier molecular flexibility index (Phi) is 4.55. The van der Waals surface area contributed by atoms with Crippen molar-refractivity contribution in [3.05, 3.63) is 21.4 Å². The molecular formula is C21H29NO6. The molecule has 28 heavy (non-hydrogen) atoms. The summed E-state index contributed by atoms with van der Waals surface area (Å²) < 4.78 is 10.7. The van der Waals surface area contributed by atoms with E-state index in [4.69, 9.17) is 9.47 Å². The third kappa shape index (κ3) is 2.85. The van der Waals surface area contributed by atoms with Crippen LogP contribution >= 0.6 is 0 Å². The molecule has 4 aliphatic rings. The summed E-state index contributed by atoms with van der Waals surface area (Å²) in [6, 6.07) is 0. The number of carbonyl (C=O) groups is 2. The van der Waals surface area contributed by atoms with E-state index in [2.05, 4.69) is 13.8 Å². The molecule has 3 fully saturated rings. The maximum atomic E-state index is 12.0. The van der Waals surface area contributed by atoms with Gasteiger partial charge in [-0.2, -0.15) is 0 Å². The predicted octanol–water partition coefficient (Wildman–Crippen LogP) is 3.64. The van der Waals surface area contributed by atoms with Gasteiger partial charge < -0.3 is 9.47 Å². The lowest BCUT2D eigenvalue weighted by atomic mass is 9.46. The van der Waals surface area contributed by atoms with Crippen LogP contribution in [0.15, 0.2) is 11.3 Å². The smallest absolute Gasteiger partial charge is 0.306 e. The Balaban J connectivity index is 1.71. The predicted molar refractivity (Wildman–Crippen MR) is 99.5 cm³/mol. The van der Waals surface area contributed by atoms with E-state index in [-0.39, 0.29) is 33.3 Å². The van der Waals surface area contributed by atoms with E-state index >= 15 is 0 Å². The van der Waals surface area contributed by atoms with E-state index in [1.807, 2.05) is 0 Å². The fourth-order valence-electron chi connectivity index (χ4n) is 6.82. The molecule has 154 valence electrons. The summed E-state index contributed by atoms with van der Waals surface area (Å²) in [7, 11) is 0. The van der Waals surface area contributed by atoms with E-state index in [0.717, 1.165) is 31.3 Å².